The van der Waals surface area contributed by atoms with Crippen molar-refractivity contribution in [1.29, 1.82) is 0 Å². The average Bonchev–Trinajstić information content (AvgIpc) is 2.70. The van der Waals surface area contributed by atoms with Gasteiger partial charge in [0.25, 0.3) is 0 Å². The number of hydrogen-bond donors (Lipinski definition) is 0. The molecule has 0 N–H and O–H groups in total. The van der Waals surface area contributed by atoms with Crippen LogP contribution in [0.3, 0.4) is 0 Å². The van der Waals surface area contributed by atoms with Crippen molar-refractivity contribution in [3.05, 3.63) is 18.0 Å². The maximum absolute atomic E-state index is 12.6. The van der Waals surface area contributed by atoms with E-state index in [2.05, 4.69) is 0 Å². The van der Waals surface area contributed by atoms with Gasteiger partial charge in [-0.2, -0.15) is 4.31 Å². The minimum Gasteiger partial charge on any atom is -0.352 e. The van der Waals surface area contributed by atoms with E-state index in [1.165, 1.54) is 6.42 Å². The quantitative estimate of drug-likeness (QED) is 0.806. The summed E-state index contributed by atoms with van der Waals surface area (Å²) in [6.07, 6.45) is 7.02. The number of aryl methyl sites for hydroxylation is 1. The highest BCUT2D eigenvalue weighted by Crippen LogP contribution is 2.22. The highest BCUT2D eigenvalue weighted by molar-refractivity contribution is 7.89. The van der Waals surface area contributed by atoms with E-state index < -0.39 is 10.0 Å². The molecule has 0 aromatic carbocycles. The van der Waals surface area contributed by atoms with Gasteiger partial charge in [-0.25, -0.2) is 8.42 Å². The number of sulfonamides is 1. The standard InChI is InChI=1S/C13H21ClN2O2S/c1-15-11-13(9-12(15)10-14)19(17,18)16-7-5-3-2-4-6-8-16/h9,11H,2-8,10H2,1H3. The summed E-state index contributed by atoms with van der Waals surface area (Å²) < 4.78 is 28.6. The first-order valence-electron chi connectivity index (χ1n) is 6.77. The molecule has 1 aromatic heterocycles. The average molecular weight is 305 g/mol. The molecule has 0 unspecified atom stereocenters. The summed E-state index contributed by atoms with van der Waals surface area (Å²) in [5.74, 6) is 0.325. The molecule has 1 saturated heterocycles. The first kappa shape index (κ1) is 14.9. The Morgan fingerprint density at radius 3 is 2.26 bits per heavy atom. The fourth-order valence-corrected chi connectivity index (χ4v) is 4.34. The zero-order valence-corrected chi connectivity index (χ0v) is 12.9. The van der Waals surface area contributed by atoms with Gasteiger partial charge < -0.3 is 4.57 Å². The normalized spacial score (nSPS) is 19.1. The highest BCUT2D eigenvalue weighted by atomic mass is 35.5. The lowest BCUT2D eigenvalue weighted by atomic mass is 10.1. The number of aromatic nitrogens is 1. The van der Waals surface area contributed by atoms with Crippen LogP contribution in [-0.2, 0) is 23.0 Å². The maximum atomic E-state index is 12.6. The van der Waals surface area contributed by atoms with Crippen molar-refractivity contribution < 1.29 is 8.42 Å². The van der Waals surface area contributed by atoms with Gasteiger partial charge in [0.15, 0.2) is 0 Å². The van der Waals surface area contributed by atoms with Gasteiger partial charge in [0, 0.05) is 32.0 Å². The molecule has 1 aliphatic heterocycles. The Bertz CT molecular complexity index is 517. The Labute approximate surface area is 120 Å². The molecular formula is C13H21ClN2O2S. The minimum atomic E-state index is -3.36. The predicted octanol–water partition coefficient (Wildman–Crippen LogP) is 2.72. The second-order valence-electron chi connectivity index (χ2n) is 5.08. The van der Waals surface area contributed by atoms with Crippen molar-refractivity contribution in [2.45, 2.75) is 42.9 Å². The Hall–Kier alpha value is -0.520. The summed E-state index contributed by atoms with van der Waals surface area (Å²) in [5.41, 5.74) is 0.826. The molecule has 0 radical (unpaired) electrons. The number of alkyl halides is 1. The Morgan fingerprint density at radius 1 is 1.16 bits per heavy atom. The molecule has 0 amide bonds. The summed E-state index contributed by atoms with van der Waals surface area (Å²) in [6.45, 7) is 1.26. The van der Waals surface area contributed by atoms with Crippen LogP contribution in [0.2, 0.25) is 0 Å². The third-order valence-corrected chi connectivity index (χ3v) is 5.81. The molecule has 0 spiro atoms. The third kappa shape index (κ3) is 3.33. The van der Waals surface area contributed by atoms with Gasteiger partial charge in [0.05, 0.1) is 5.88 Å². The number of rotatable bonds is 3. The van der Waals surface area contributed by atoms with E-state index in [-0.39, 0.29) is 0 Å². The molecule has 19 heavy (non-hydrogen) atoms. The summed E-state index contributed by atoms with van der Waals surface area (Å²) >= 11 is 5.80. The molecule has 0 bridgehead atoms. The van der Waals surface area contributed by atoms with Gasteiger partial charge in [-0.3, -0.25) is 0 Å². The summed E-state index contributed by atoms with van der Waals surface area (Å²) in [4.78, 5) is 0.367. The zero-order valence-electron chi connectivity index (χ0n) is 11.3. The van der Waals surface area contributed by atoms with Crippen LogP contribution in [0.4, 0.5) is 0 Å². The van der Waals surface area contributed by atoms with Crippen molar-refractivity contribution in [2.24, 2.45) is 7.05 Å². The molecule has 4 nitrogen and oxygen atoms in total. The van der Waals surface area contributed by atoms with Gasteiger partial charge in [0.1, 0.15) is 4.90 Å². The molecule has 0 saturated carbocycles. The molecule has 2 rings (SSSR count). The smallest absolute Gasteiger partial charge is 0.244 e. The summed E-state index contributed by atoms with van der Waals surface area (Å²) in [6, 6.07) is 1.68. The second-order valence-corrected chi connectivity index (χ2v) is 7.29. The SMILES string of the molecule is Cn1cc(S(=O)(=O)N2CCCCCCC2)cc1CCl. The molecule has 6 heteroatoms. The molecule has 1 aliphatic rings. The molecular weight excluding hydrogens is 284 g/mol. The third-order valence-electron chi connectivity index (χ3n) is 3.67. The van der Waals surface area contributed by atoms with E-state index in [4.69, 9.17) is 11.6 Å². The first-order chi connectivity index (χ1) is 9.05. The lowest BCUT2D eigenvalue weighted by Gasteiger charge is -2.23. The van der Waals surface area contributed by atoms with E-state index in [1.54, 1.807) is 21.1 Å². The first-order valence-corrected chi connectivity index (χ1v) is 8.74. The predicted molar refractivity (Wildman–Crippen MR) is 76.8 cm³/mol. The maximum Gasteiger partial charge on any atom is 0.244 e. The van der Waals surface area contributed by atoms with E-state index in [9.17, 15) is 8.42 Å². The van der Waals surface area contributed by atoms with Crippen molar-refractivity contribution in [3.63, 3.8) is 0 Å². The van der Waals surface area contributed by atoms with E-state index in [0.717, 1.165) is 31.4 Å². The van der Waals surface area contributed by atoms with Gasteiger partial charge in [0.2, 0.25) is 10.0 Å². The van der Waals surface area contributed by atoms with Crippen molar-refractivity contribution in [1.82, 2.24) is 8.87 Å². The van der Waals surface area contributed by atoms with Gasteiger partial charge in [-0.1, -0.05) is 19.3 Å². The van der Waals surface area contributed by atoms with E-state index >= 15 is 0 Å². The van der Waals surface area contributed by atoms with Crippen LogP contribution in [0.1, 0.15) is 37.8 Å². The van der Waals surface area contributed by atoms with Gasteiger partial charge >= 0.3 is 0 Å². The lowest BCUT2D eigenvalue weighted by Crippen LogP contribution is -2.33. The van der Waals surface area contributed by atoms with Crippen LogP contribution in [0, 0.1) is 0 Å². The van der Waals surface area contributed by atoms with Gasteiger partial charge in [-0.05, 0) is 18.9 Å². The zero-order chi connectivity index (χ0) is 13.9. The number of halogens is 1. The Kier molecular flexibility index (Phi) is 4.92. The summed E-state index contributed by atoms with van der Waals surface area (Å²) in [7, 11) is -1.54. The van der Waals surface area contributed by atoms with Crippen LogP contribution in [0.25, 0.3) is 0 Å². The lowest BCUT2D eigenvalue weighted by molar-refractivity contribution is 0.364. The van der Waals surface area contributed by atoms with Crippen LogP contribution in [0.15, 0.2) is 17.2 Å². The van der Waals surface area contributed by atoms with Gasteiger partial charge in [-0.15, -0.1) is 11.6 Å². The second kappa shape index (κ2) is 6.29. The van der Waals surface area contributed by atoms with Crippen LogP contribution in [0.5, 0.6) is 0 Å². The van der Waals surface area contributed by atoms with E-state index in [0.29, 0.717) is 23.9 Å². The van der Waals surface area contributed by atoms with Crippen LogP contribution in [-0.4, -0.2) is 30.4 Å². The Morgan fingerprint density at radius 2 is 1.74 bits per heavy atom. The molecule has 0 aliphatic carbocycles. The molecule has 1 aromatic rings. The monoisotopic (exact) mass is 304 g/mol. The van der Waals surface area contributed by atoms with Crippen molar-refractivity contribution >= 4 is 21.6 Å². The largest absolute Gasteiger partial charge is 0.352 e. The fraction of sp³-hybridized carbons (Fsp3) is 0.692. The van der Waals surface area contributed by atoms with Crippen molar-refractivity contribution in [3.8, 4) is 0 Å². The fourth-order valence-electron chi connectivity index (χ4n) is 2.46. The minimum absolute atomic E-state index is 0.325. The number of hydrogen-bond acceptors (Lipinski definition) is 2. The van der Waals surface area contributed by atoms with Crippen molar-refractivity contribution in [2.75, 3.05) is 13.1 Å². The molecule has 108 valence electrons. The Balaban J connectivity index is 2.23. The van der Waals surface area contributed by atoms with E-state index in [1.807, 2.05) is 7.05 Å². The summed E-state index contributed by atoms with van der Waals surface area (Å²) in [5, 5.41) is 0. The van der Waals surface area contributed by atoms with Crippen LogP contribution >= 0.6 is 11.6 Å². The van der Waals surface area contributed by atoms with Crippen LogP contribution < -0.4 is 0 Å². The molecule has 1 fully saturated rings. The topological polar surface area (TPSA) is 42.3 Å². The highest BCUT2D eigenvalue weighted by Gasteiger charge is 2.26. The number of nitrogens with zero attached hydrogens (tertiary/aromatic N) is 2. The molecule has 0 atom stereocenters. The molecule has 2 heterocycles.